The third kappa shape index (κ3) is 3.14. The summed E-state index contributed by atoms with van der Waals surface area (Å²) < 4.78 is 6.84. The zero-order valence-corrected chi connectivity index (χ0v) is 15.5. The molecule has 0 bridgehead atoms. The molecule has 0 spiro atoms. The Labute approximate surface area is 141 Å². The lowest BCUT2D eigenvalue weighted by atomic mass is 10.2. The topological polar surface area (TPSA) is 31.2 Å². The van der Waals surface area contributed by atoms with Gasteiger partial charge in [-0.1, -0.05) is 81.4 Å². The molecule has 1 fully saturated rings. The van der Waals surface area contributed by atoms with Crippen LogP contribution in [0.5, 0.6) is 0 Å². The molecule has 2 aromatic rings. The first-order chi connectivity index (χ1) is 10.9. The number of hydrogen-bond acceptors (Lipinski definition) is 2. The fourth-order valence-corrected chi connectivity index (χ4v) is 8.04. The maximum absolute atomic E-state index is 6.84. The first-order valence-corrected chi connectivity index (χ1v) is 10.4. The van der Waals surface area contributed by atoms with Crippen molar-refractivity contribution >= 4 is 18.7 Å². The van der Waals surface area contributed by atoms with Crippen molar-refractivity contribution in [3.05, 3.63) is 60.7 Å². The second-order valence-electron chi connectivity index (χ2n) is 7.54. The highest BCUT2D eigenvalue weighted by Crippen LogP contribution is 2.37. The third-order valence-corrected chi connectivity index (χ3v) is 9.87. The van der Waals surface area contributed by atoms with E-state index in [2.05, 4.69) is 93.7 Å². The molecule has 1 N–H and O–H groups in total. The highest BCUT2D eigenvalue weighted by atomic mass is 28.4. The van der Waals surface area contributed by atoms with E-state index < -0.39 is 8.32 Å². The van der Waals surface area contributed by atoms with E-state index in [1.54, 1.807) is 0 Å². The van der Waals surface area contributed by atoms with Crippen LogP contribution in [0.4, 0.5) is 0 Å². The second kappa shape index (κ2) is 6.23. The van der Waals surface area contributed by atoms with Crippen LogP contribution in [-0.4, -0.2) is 27.0 Å². The zero-order valence-electron chi connectivity index (χ0n) is 14.5. The smallest absolute Gasteiger partial charge is 0.261 e. The summed E-state index contributed by atoms with van der Waals surface area (Å²) in [7, 11) is -2.34. The van der Waals surface area contributed by atoms with E-state index in [1.807, 2.05) is 0 Å². The van der Waals surface area contributed by atoms with Crippen LogP contribution in [0, 0.1) is 0 Å². The molecule has 1 saturated heterocycles. The first kappa shape index (κ1) is 16.4. The lowest BCUT2D eigenvalue weighted by molar-refractivity contribution is 0.297. The Balaban J connectivity index is 2.09. The van der Waals surface area contributed by atoms with Gasteiger partial charge < -0.3 is 9.74 Å². The molecule has 1 aliphatic heterocycles. The van der Waals surface area contributed by atoms with E-state index in [-0.39, 0.29) is 5.04 Å². The lowest BCUT2D eigenvalue weighted by Crippen LogP contribution is -2.66. The Morgan fingerprint density at radius 2 is 1.35 bits per heavy atom. The van der Waals surface area contributed by atoms with Gasteiger partial charge in [-0.2, -0.15) is 0 Å². The highest BCUT2D eigenvalue weighted by molar-refractivity contribution is 6.99. The van der Waals surface area contributed by atoms with Gasteiger partial charge in [-0.25, -0.2) is 0 Å². The fourth-order valence-electron chi connectivity index (χ4n) is 3.45. The summed E-state index contributed by atoms with van der Waals surface area (Å²) >= 11 is 0. The van der Waals surface area contributed by atoms with Crippen molar-refractivity contribution in [3.63, 3.8) is 0 Å². The number of hydrogen-bond donors (Lipinski definition) is 1. The molecule has 23 heavy (non-hydrogen) atoms. The number of rotatable bonds is 5. The summed E-state index contributed by atoms with van der Waals surface area (Å²) in [6.45, 7) is 9.97. The molecule has 0 saturated carbocycles. The van der Waals surface area contributed by atoms with Gasteiger partial charge in [-0.15, -0.1) is 0 Å². The summed E-state index contributed by atoms with van der Waals surface area (Å²) in [6, 6.07) is 22.7. The minimum atomic E-state index is -2.34. The fraction of sp³-hybridized carbons (Fsp3) is 0.400. The molecule has 2 nitrogen and oxygen atoms in total. The Hall–Kier alpha value is -1.42. The number of benzene rings is 2. The normalized spacial score (nSPS) is 21.2. The van der Waals surface area contributed by atoms with E-state index >= 15 is 0 Å². The van der Waals surface area contributed by atoms with Crippen LogP contribution in [0.25, 0.3) is 0 Å². The van der Waals surface area contributed by atoms with Gasteiger partial charge in [0.15, 0.2) is 0 Å². The highest BCUT2D eigenvalue weighted by Gasteiger charge is 2.51. The molecule has 0 radical (unpaired) electrons. The van der Waals surface area contributed by atoms with Crippen molar-refractivity contribution in [1.29, 1.82) is 0 Å². The Kier molecular flexibility index (Phi) is 4.45. The van der Waals surface area contributed by atoms with Crippen LogP contribution in [0.15, 0.2) is 60.7 Å². The van der Waals surface area contributed by atoms with Gasteiger partial charge in [-0.3, -0.25) is 0 Å². The van der Waals surface area contributed by atoms with Crippen LogP contribution in [0.3, 0.4) is 0 Å². The van der Waals surface area contributed by atoms with Gasteiger partial charge >= 0.3 is 0 Å². The van der Waals surface area contributed by atoms with Crippen molar-refractivity contribution in [2.75, 3.05) is 6.61 Å². The molecule has 3 rings (SSSR count). The third-order valence-electron chi connectivity index (χ3n) is 4.87. The monoisotopic (exact) mass is 325 g/mol. The molecule has 0 aliphatic carbocycles. The van der Waals surface area contributed by atoms with Crippen molar-refractivity contribution in [2.45, 2.75) is 44.8 Å². The minimum Gasteiger partial charge on any atom is -0.406 e. The van der Waals surface area contributed by atoms with Crippen molar-refractivity contribution in [3.8, 4) is 0 Å². The molecule has 0 aromatic heterocycles. The molecule has 2 aromatic carbocycles. The Morgan fingerprint density at radius 3 is 1.70 bits per heavy atom. The molecule has 122 valence electrons. The molecule has 2 atom stereocenters. The van der Waals surface area contributed by atoms with Crippen LogP contribution in [-0.2, 0) is 4.43 Å². The van der Waals surface area contributed by atoms with Gasteiger partial charge in [0.1, 0.15) is 0 Å². The average Bonchev–Trinajstić information content (AvgIpc) is 3.24. The minimum absolute atomic E-state index is 0.0633. The molecule has 1 heterocycles. The standard InChI is InChI=1S/C20H27NOSi/c1-16-19(21-16)15-22-23(20(2,3)4,17-11-7-5-8-12-17)18-13-9-6-10-14-18/h5-14,16,19,21H,15H2,1-4H3/t16-,19-/m0/s1. The summed E-state index contributed by atoms with van der Waals surface area (Å²) in [6.07, 6.45) is 0. The summed E-state index contributed by atoms with van der Waals surface area (Å²) in [5.41, 5.74) is 0. The van der Waals surface area contributed by atoms with Crippen molar-refractivity contribution < 1.29 is 4.43 Å². The SMILES string of the molecule is C[C@@H]1N[C@H]1CO[Si](c1ccccc1)(c1ccccc1)C(C)(C)C. The van der Waals surface area contributed by atoms with Gasteiger partial charge in [-0.05, 0) is 22.3 Å². The maximum atomic E-state index is 6.84. The first-order valence-electron chi connectivity index (χ1n) is 8.46. The zero-order chi connectivity index (χ0) is 16.5. The average molecular weight is 326 g/mol. The van der Waals surface area contributed by atoms with Gasteiger partial charge in [0.2, 0.25) is 0 Å². The molecular weight excluding hydrogens is 298 g/mol. The van der Waals surface area contributed by atoms with Crippen LogP contribution in [0.1, 0.15) is 27.7 Å². The van der Waals surface area contributed by atoms with E-state index in [0.29, 0.717) is 12.1 Å². The summed E-state index contributed by atoms with van der Waals surface area (Å²) in [5.74, 6) is 0. The molecule has 0 amide bonds. The molecule has 3 heteroatoms. The summed E-state index contributed by atoms with van der Waals surface area (Å²) in [4.78, 5) is 0. The van der Waals surface area contributed by atoms with Gasteiger partial charge in [0, 0.05) is 12.1 Å². The maximum Gasteiger partial charge on any atom is 0.261 e. The quantitative estimate of drug-likeness (QED) is 0.677. The van der Waals surface area contributed by atoms with Crippen molar-refractivity contribution in [1.82, 2.24) is 5.32 Å². The Bertz CT molecular complexity index is 596. The van der Waals surface area contributed by atoms with Gasteiger partial charge in [0.05, 0.1) is 6.61 Å². The van der Waals surface area contributed by atoms with E-state index in [4.69, 9.17) is 4.43 Å². The second-order valence-corrected chi connectivity index (χ2v) is 11.8. The van der Waals surface area contributed by atoms with E-state index in [0.717, 1.165) is 6.61 Å². The summed E-state index contributed by atoms with van der Waals surface area (Å²) in [5, 5.41) is 6.23. The molecule has 0 unspecified atom stereocenters. The largest absolute Gasteiger partial charge is 0.406 e. The Morgan fingerprint density at radius 1 is 0.913 bits per heavy atom. The van der Waals surface area contributed by atoms with E-state index in [1.165, 1.54) is 10.4 Å². The van der Waals surface area contributed by atoms with Crippen LogP contribution < -0.4 is 15.7 Å². The lowest BCUT2D eigenvalue weighted by Gasteiger charge is -2.43. The van der Waals surface area contributed by atoms with Gasteiger partial charge in [0.25, 0.3) is 8.32 Å². The van der Waals surface area contributed by atoms with Crippen molar-refractivity contribution in [2.24, 2.45) is 0 Å². The van der Waals surface area contributed by atoms with Crippen LogP contribution in [0.2, 0.25) is 5.04 Å². The van der Waals surface area contributed by atoms with Crippen LogP contribution >= 0.6 is 0 Å². The number of nitrogens with one attached hydrogen (secondary N) is 1. The van der Waals surface area contributed by atoms with E-state index in [9.17, 15) is 0 Å². The molecular formula is C20H27NOSi. The molecule has 1 aliphatic rings. The predicted octanol–water partition coefficient (Wildman–Crippen LogP) is 2.92. The predicted molar refractivity (Wildman–Crippen MR) is 100.0 cm³/mol.